The number of rotatable bonds is 18. The Hall–Kier alpha value is -0.520. The molecule has 0 nitrogen and oxygen atoms in total. The zero-order valence-electron chi connectivity index (χ0n) is 16.6. The molecule has 0 saturated heterocycles. The van der Waals surface area contributed by atoms with Gasteiger partial charge in [-0.1, -0.05) is 122 Å². The van der Waals surface area contributed by atoms with Crippen LogP contribution in [0.3, 0.4) is 0 Å². The Labute approximate surface area is 153 Å². The van der Waals surface area contributed by atoms with Gasteiger partial charge in [-0.3, -0.25) is 0 Å². The lowest BCUT2D eigenvalue weighted by molar-refractivity contribution is 0.527. The molecule has 0 aliphatic heterocycles. The highest BCUT2D eigenvalue weighted by Gasteiger charge is 1.98. The van der Waals surface area contributed by atoms with Crippen molar-refractivity contribution in [3.05, 3.63) is 23.8 Å². The van der Waals surface area contributed by atoms with Crippen LogP contribution in [-0.2, 0) is 0 Å². The second-order valence-electron chi connectivity index (χ2n) is 7.72. The first kappa shape index (κ1) is 21.5. The van der Waals surface area contributed by atoms with Gasteiger partial charge in [0.05, 0.1) is 0 Å². The molecule has 1 aliphatic carbocycles. The normalized spacial score (nSPS) is 13.6. The molecule has 0 aromatic carbocycles. The Kier molecular flexibility index (Phi) is 15.5. The highest BCUT2D eigenvalue weighted by Crippen LogP contribution is 2.17. The zero-order valence-corrected chi connectivity index (χ0v) is 16.6. The molecule has 0 saturated carbocycles. The number of hydrogen-bond acceptors (Lipinski definition) is 0. The van der Waals surface area contributed by atoms with E-state index >= 15 is 0 Å². The summed E-state index contributed by atoms with van der Waals surface area (Å²) in [6, 6.07) is 0. The number of unbranched alkanes of at least 4 members (excludes halogenated alkanes) is 16. The molecule has 0 spiro atoms. The zero-order chi connectivity index (χ0) is 17.1. The lowest BCUT2D eigenvalue weighted by Gasteiger charge is -2.04. The predicted octanol–water partition coefficient (Wildman–Crippen LogP) is 8.72. The largest absolute Gasteiger partial charge is 0.0798 e. The van der Waals surface area contributed by atoms with Gasteiger partial charge < -0.3 is 0 Å². The average molecular weight is 332 g/mol. The van der Waals surface area contributed by atoms with Gasteiger partial charge in [0.25, 0.3) is 0 Å². The van der Waals surface area contributed by atoms with E-state index in [2.05, 4.69) is 25.2 Å². The van der Waals surface area contributed by atoms with Crippen LogP contribution in [0.4, 0.5) is 0 Å². The molecular weight excluding hydrogens is 288 g/mol. The van der Waals surface area contributed by atoms with Crippen molar-refractivity contribution in [1.29, 1.82) is 0 Å². The molecule has 0 bridgehead atoms. The van der Waals surface area contributed by atoms with Gasteiger partial charge in [0.15, 0.2) is 0 Å². The molecule has 139 valence electrons. The monoisotopic (exact) mass is 331 g/mol. The van der Waals surface area contributed by atoms with Crippen molar-refractivity contribution in [2.24, 2.45) is 0 Å². The average Bonchev–Trinajstić information content (AvgIpc) is 3.11. The number of hydrogen-bond donors (Lipinski definition) is 0. The van der Waals surface area contributed by atoms with Gasteiger partial charge in [-0.25, -0.2) is 0 Å². The van der Waals surface area contributed by atoms with Crippen LogP contribution in [-0.4, -0.2) is 0 Å². The first-order valence-corrected chi connectivity index (χ1v) is 11.2. The Morgan fingerprint density at radius 1 is 0.625 bits per heavy atom. The summed E-state index contributed by atoms with van der Waals surface area (Å²) in [5.74, 6) is 0. The second-order valence-corrected chi connectivity index (χ2v) is 7.72. The number of allylic oxidation sites excluding steroid dienone is 4. The van der Waals surface area contributed by atoms with E-state index in [4.69, 9.17) is 0 Å². The van der Waals surface area contributed by atoms with Crippen molar-refractivity contribution in [1.82, 2.24) is 0 Å². The van der Waals surface area contributed by atoms with Gasteiger partial charge in [0.2, 0.25) is 0 Å². The van der Waals surface area contributed by atoms with Crippen molar-refractivity contribution in [2.75, 3.05) is 0 Å². The van der Waals surface area contributed by atoms with E-state index in [1.165, 1.54) is 121 Å². The van der Waals surface area contributed by atoms with Crippen LogP contribution >= 0.6 is 0 Å². The highest BCUT2D eigenvalue weighted by atomic mass is 14.0. The van der Waals surface area contributed by atoms with Crippen LogP contribution in [0.25, 0.3) is 0 Å². The minimum Gasteiger partial charge on any atom is -0.0798 e. The maximum absolute atomic E-state index is 3.42. The Balaban J connectivity index is 1.65. The maximum Gasteiger partial charge on any atom is -0.00885 e. The first-order valence-electron chi connectivity index (χ1n) is 11.2. The third kappa shape index (κ3) is 13.9. The smallest absolute Gasteiger partial charge is 0.00885 e. The van der Waals surface area contributed by atoms with Crippen LogP contribution in [0.2, 0.25) is 0 Å². The van der Waals surface area contributed by atoms with E-state index in [0.717, 1.165) is 6.42 Å². The SMILES string of the molecule is CCCCCCCCCCCCCCCCCCCC1=[C]CC=C1. The molecule has 0 aromatic heterocycles. The van der Waals surface area contributed by atoms with Gasteiger partial charge >= 0.3 is 0 Å². The Morgan fingerprint density at radius 3 is 1.42 bits per heavy atom. The molecule has 24 heavy (non-hydrogen) atoms. The van der Waals surface area contributed by atoms with Gasteiger partial charge in [-0.15, -0.1) is 0 Å². The third-order valence-corrected chi connectivity index (χ3v) is 5.32. The van der Waals surface area contributed by atoms with E-state index in [-0.39, 0.29) is 0 Å². The summed E-state index contributed by atoms with van der Waals surface area (Å²) >= 11 is 0. The topological polar surface area (TPSA) is 0 Å². The van der Waals surface area contributed by atoms with Crippen molar-refractivity contribution in [3.63, 3.8) is 0 Å². The van der Waals surface area contributed by atoms with Crippen molar-refractivity contribution in [3.8, 4) is 0 Å². The molecule has 0 N–H and O–H groups in total. The Bertz CT molecular complexity index is 310. The fourth-order valence-electron chi connectivity index (χ4n) is 3.66. The summed E-state index contributed by atoms with van der Waals surface area (Å²) in [7, 11) is 0. The molecule has 0 atom stereocenters. The molecule has 0 fully saturated rings. The standard InChI is InChI=1S/C24H43/c1-2-3-4-5-6-7-8-9-10-11-12-13-14-15-16-17-18-21-24-22-19-20-23-24/h19,22H,2-18,20-21H2,1H3. The summed E-state index contributed by atoms with van der Waals surface area (Å²) in [6.07, 6.45) is 34.9. The first-order chi connectivity index (χ1) is 11.9. The van der Waals surface area contributed by atoms with Gasteiger partial charge in [0, 0.05) is 0 Å². The molecular formula is C24H43. The highest BCUT2D eigenvalue weighted by molar-refractivity contribution is 5.21. The van der Waals surface area contributed by atoms with Gasteiger partial charge in [-0.05, 0) is 30.9 Å². The van der Waals surface area contributed by atoms with Gasteiger partial charge in [-0.2, -0.15) is 0 Å². The Morgan fingerprint density at radius 2 is 1.04 bits per heavy atom. The van der Waals surface area contributed by atoms with E-state index < -0.39 is 0 Å². The minimum absolute atomic E-state index is 1.05. The van der Waals surface area contributed by atoms with Crippen molar-refractivity contribution < 1.29 is 0 Å². The van der Waals surface area contributed by atoms with Crippen molar-refractivity contribution >= 4 is 0 Å². The molecule has 0 heteroatoms. The van der Waals surface area contributed by atoms with Crippen LogP contribution in [0.1, 0.15) is 129 Å². The molecule has 0 aromatic rings. The summed E-state index contributed by atoms with van der Waals surface area (Å²) in [5, 5.41) is 0. The van der Waals surface area contributed by atoms with E-state index in [0.29, 0.717) is 0 Å². The summed E-state index contributed by atoms with van der Waals surface area (Å²) < 4.78 is 0. The molecule has 1 radical (unpaired) electrons. The minimum atomic E-state index is 1.05. The quantitative estimate of drug-likeness (QED) is 0.220. The van der Waals surface area contributed by atoms with E-state index in [1.54, 1.807) is 0 Å². The molecule has 1 aliphatic rings. The molecule has 1 rings (SSSR count). The van der Waals surface area contributed by atoms with Crippen LogP contribution in [0.5, 0.6) is 0 Å². The fraction of sp³-hybridized carbons (Fsp3) is 0.833. The van der Waals surface area contributed by atoms with Crippen LogP contribution < -0.4 is 0 Å². The third-order valence-electron chi connectivity index (χ3n) is 5.32. The van der Waals surface area contributed by atoms with Crippen LogP contribution in [0, 0.1) is 6.08 Å². The fourth-order valence-corrected chi connectivity index (χ4v) is 3.66. The maximum atomic E-state index is 3.42. The van der Waals surface area contributed by atoms with E-state index in [1.807, 2.05) is 0 Å². The molecule has 0 heterocycles. The van der Waals surface area contributed by atoms with Crippen LogP contribution in [0.15, 0.2) is 17.7 Å². The van der Waals surface area contributed by atoms with Crippen molar-refractivity contribution in [2.45, 2.75) is 129 Å². The summed E-state index contributed by atoms with van der Waals surface area (Å²) in [5.41, 5.74) is 1.45. The van der Waals surface area contributed by atoms with Gasteiger partial charge in [0.1, 0.15) is 0 Å². The lowest BCUT2D eigenvalue weighted by atomic mass is 10.0. The summed E-state index contributed by atoms with van der Waals surface area (Å²) in [6.45, 7) is 2.30. The van der Waals surface area contributed by atoms with E-state index in [9.17, 15) is 0 Å². The molecule has 0 unspecified atom stereocenters. The summed E-state index contributed by atoms with van der Waals surface area (Å²) in [4.78, 5) is 0. The molecule has 0 amide bonds. The lowest BCUT2D eigenvalue weighted by Crippen LogP contribution is -1.84. The predicted molar refractivity (Wildman–Crippen MR) is 109 cm³/mol. The second kappa shape index (κ2) is 17.3.